The number of nitrogens with one attached hydrogen (secondary N) is 4. The van der Waals surface area contributed by atoms with Gasteiger partial charge in [0.25, 0.3) is 5.91 Å². The van der Waals surface area contributed by atoms with Crippen molar-refractivity contribution >= 4 is 34.0 Å². The van der Waals surface area contributed by atoms with Crippen LogP contribution in [-0.4, -0.2) is 46.5 Å². The predicted octanol–water partition coefficient (Wildman–Crippen LogP) is 5.74. The molecule has 5 rings (SSSR count). The van der Waals surface area contributed by atoms with E-state index in [1.165, 1.54) is 18.3 Å². The highest BCUT2D eigenvalue weighted by Crippen LogP contribution is 2.47. The lowest BCUT2D eigenvalue weighted by Gasteiger charge is -2.24. The SMILES string of the molecule is O=C(Nc1ccc(C(F)(F)C(F)(F)F)c(OC[C@H]2CCCN2)c1)c1cccnc1Nc1ccc2cn[nH]c2c1. The van der Waals surface area contributed by atoms with Gasteiger partial charge >= 0.3 is 12.1 Å². The van der Waals surface area contributed by atoms with Crippen molar-refractivity contribution in [1.82, 2.24) is 20.5 Å². The number of ether oxygens (including phenoxy) is 1. The number of hydrogen-bond donors (Lipinski definition) is 4. The van der Waals surface area contributed by atoms with Gasteiger partial charge in [-0.25, -0.2) is 4.98 Å². The maximum Gasteiger partial charge on any atom is 0.458 e. The van der Waals surface area contributed by atoms with Crippen LogP contribution < -0.4 is 20.7 Å². The lowest BCUT2D eigenvalue weighted by atomic mass is 10.1. The van der Waals surface area contributed by atoms with Gasteiger partial charge in [-0.3, -0.25) is 9.89 Å². The van der Waals surface area contributed by atoms with E-state index in [0.717, 1.165) is 29.5 Å². The minimum Gasteiger partial charge on any atom is -0.491 e. The highest BCUT2D eigenvalue weighted by atomic mass is 19.4. The molecule has 2 aromatic heterocycles. The summed E-state index contributed by atoms with van der Waals surface area (Å²) in [5.41, 5.74) is 0.144. The summed E-state index contributed by atoms with van der Waals surface area (Å²) in [5, 5.41) is 16.4. The Morgan fingerprint density at radius 3 is 2.67 bits per heavy atom. The second kappa shape index (κ2) is 10.5. The van der Waals surface area contributed by atoms with Gasteiger partial charge in [0.1, 0.15) is 18.2 Å². The van der Waals surface area contributed by atoms with Crippen LogP contribution >= 0.6 is 0 Å². The molecule has 0 spiro atoms. The molecule has 0 saturated carbocycles. The molecule has 0 unspecified atom stereocenters. The van der Waals surface area contributed by atoms with E-state index in [9.17, 15) is 26.7 Å². The van der Waals surface area contributed by atoms with Crippen LogP contribution in [0.2, 0.25) is 0 Å². The first-order chi connectivity index (χ1) is 18.6. The van der Waals surface area contributed by atoms with Crippen LogP contribution in [0.5, 0.6) is 5.75 Å². The third-order valence-electron chi connectivity index (χ3n) is 6.29. The molecule has 13 heteroatoms. The summed E-state index contributed by atoms with van der Waals surface area (Å²) in [6.45, 7) is 0.600. The van der Waals surface area contributed by atoms with Gasteiger partial charge in [0.15, 0.2) is 0 Å². The number of fused-ring (bicyclic) bond motifs is 1. The van der Waals surface area contributed by atoms with E-state index in [4.69, 9.17) is 4.74 Å². The first-order valence-electron chi connectivity index (χ1n) is 12.0. The van der Waals surface area contributed by atoms with E-state index in [1.54, 1.807) is 18.3 Å². The number of H-pyrrole nitrogens is 1. The smallest absolute Gasteiger partial charge is 0.458 e. The molecule has 204 valence electrons. The van der Waals surface area contributed by atoms with Crippen molar-refractivity contribution in [1.29, 1.82) is 0 Å². The number of nitrogens with zero attached hydrogens (tertiary/aromatic N) is 2. The van der Waals surface area contributed by atoms with Gasteiger partial charge in [0.05, 0.1) is 22.8 Å². The Hall–Kier alpha value is -4.26. The molecule has 1 saturated heterocycles. The van der Waals surface area contributed by atoms with E-state index < -0.39 is 29.3 Å². The van der Waals surface area contributed by atoms with E-state index >= 15 is 0 Å². The van der Waals surface area contributed by atoms with Crippen LogP contribution in [0.15, 0.2) is 60.9 Å². The van der Waals surface area contributed by atoms with E-state index in [-0.39, 0.29) is 29.7 Å². The van der Waals surface area contributed by atoms with Gasteiger partial charge in [-0.05, 0) is 61.9 Å². The van der Waals surface area contributed by atoms with Crippen molar-refractivity contribution in [3.8, 4) is 5.75 Å². The zero-order chi connectivity index (χ0) is 27.6. The van der Waals surface area contributed by atoms with Crippen LogP contribution in [0.3, 0.4) is 0 Å². The molecule has 1 aliphatic heterocycles. The topological polar surface area (TPSA) is 104 Å². The lowest BCUT2D eigenvalue weighted by Crippen LogP contribution is -2.35. The molecule has 0 aliphatic carbocycles. The maximum absolute atomic E-state index is 14.3. The summed E-state index contributed by atoms with van der Waals surface area (Å²) >= 11 is 0. The first-order valence-corrected chi connectivity index (χ1v) is 12.0. The summed E-state index contributed by atoms with van der Waals surface area (Å²) in [4.78, 5) is 17.3. The van der Waals surface area contributed by atoms with Crippen LogP contribution in [0.1, 0.15) is 28.8 Å². The quantitative estimate of drug-likeness (QED) is 0.210. The summed E-state index contributed by atoms with van der Waals surface area (Å²) < 4.78 is 73.5. The van der Waals surface area contributed by atoms with Crippen LogP contribution in [0.25, 0.3) is 10.9 Å². The van der Waals surface area contributed by atoms with Crippen LogP contribution in [0.4, 0.5) is 39.1 Å². The van der Waals surface area contributed by atoms with E-state index in [2.05, 4.69) is 31.1 Å². The largest absolute Gasteiger partial charge is 0.491 e. The van der Waals surface area contributed by atoms with E-state index in [0.29, 0.717) is 24.7 Å². The van der Waals surface area contributed by atoms with Crippen molar-refractivity contribution in [2.75, 3.05) is 23.8 Å². The van der Waals surface area contributed by atoms with Gasteiger partial charge in [-0.1, -0.05) is 0 Å². The number of rotatable bonds is 8. The number of benzene rings is 2. The molecule has 4 aromatic rings. The average molecular weight is 547 g/mol. The van der Waals surface area contributed by atoms with Crippen molar-refractivity contribution in [2.24, 2.45) is 0 Å². The van der Waals surface area contributed by atoms with Gasteiger partial charge in [-0.15, -0.1) is 0 Å². The fourth-order valence-corrected chi connectivity index (χ4v) is 4.26. The molecule has 0 bridgehead atoms. The summed E-state index contributed by atoms with van der Waals surface area (Å²) in [7, 11) is 0. The Morgan fingerprint density at radius 2 is 1.90 bits per heavy atom. The zero-order valence-corrected chi connectivity index (χ0v) is 20.3. The number of aromatic nitrogens is 3. The monoisotopic (exact) mass is 546 g/mol. The normalized spacial score (nSPS) is 15.9. The van der Waals surface area contributed by atoms with Gasteiger partial charge < -0.3 is 20.7 Å². The zero-order valence-electron chi connectivity index (χ0n) is 20.3. The Balaban J connectivity index is 1.39. The van der Waals surface area contributed by atoms with E-state index in [1.807, 2.05) is 6.07 Å². The molecule has 1 fully saturated rings. The second-order valence-electron chi connectivity index (χ2n) is 9.04. The van der Waals surface area contributed by atoms with Crippen molar-refractivity contribution < 1.29 is 31.5 Å². The predicted molar refractivity (Wildman–Crippen MR) is 134 cm³/mol. The van der Waals surface area contributed by atoms with Crippen molar-refractivity contribution in [2.45, 2.75) is 31.0 Å². The third kappa shape index (κ3) is 5.62. The minimum absolute atomic E-state index is 0.0233. The molecule has 1 amide bonds. The molecule has 39 heavy (non-hydrogen) atoms. The highest BCUT2D eigenvalue weighted by molar-refractivity contribution is 6.08. The Morgan fingerprint density at radius 1 is 1.08 bits per heavy atom. The number of halogens is 5. The maximum atomic E-state index is 14.3. The van der Waals surface area contributed by atoms with Gasteiger partial charge in [0.2, 0.25) is 0 Å². The second-order valence-corrected chi connectivity index (χ2v) is 9.04. The summed E-state index contributed by atoms with van der Waals surface area (Å²) in [6, 6.07) is 10.8. The third-order valence-corrected chi connectivity index (χ3v) is 6.29. The fourth-order valence-electron chi connectivity index (χ4n) is 4.26. The lowest BCUT2D eigenvalue weighted by molar-refractivity contribution is -0.289. The number of carbonyl (C=O) groups is 1. The average Bonchev–Trinajstić information content (AvgIpc) is 3.59. The van der Waals surface area contributed by atoms with Crippen LogP contribution in [0, 0.1) is 0 Å². The fraction of sp³-hybridized carbons (Fsp3) is 0.269. The minimum atomic E-state index is -5.82. The van der Waals surface area contributed by atoms with Crippen molar-refractivity contribution in [3.63, 3.8) is 0 Å². The number of alkyl halides is 5. The Bertz CT molecular complexity index is 1480. The molecule has 1 atom stereocenters. The molecule has 3 heterocycles. The number of anilines is 3. The van der Waals surface area contributed by atoms with Crippen LogP contribution in [-0.2, 0) is 5.92 Å². The van der Waals surface area contributed by atoms with Crippen molar-refractivity contribution in [3.05, 3.63) is 72.1 Å². The molecule has 4 N–H and O–H groups in total. The standard InChI is InChI=1S/C26H23F5N6O2/c27-25(28,26(29,30)31)20-8-7-17(12-22(20)39-14-18-3-1-9-32-18)36-24(38)19-4-2-10-33-23(19)35-16-6-5-15-13-34-37-21(15)11-16/h2,4-8,10-13,18,32H,1,3,9,14H2,(H,33,35)(H,34,37)(H,36,38)/t18-/m1/s1. The highest BCUT2D eigenvalue weighted by Gasteiger charge is 2.60. The summed E-state index contributed by atoms with van der Waals surface area (Å²) in [6.07, 6.45) is -1.14. The molecule has 0 radical (unpaired) electrons. The molecular weight excluding hydrogens is 523 g/mol. The molecule has 1 aliphatic rings. The Kier molecular flexibility index (Phi) is 7.08. The van der Waals surface area contributed by atoms with Gasteiger partial charge in [0, 0.05) is 35.1 Å². The molecule has 8 nitrogen and oxygen atoms in total. The number of hydrogen-bond acceptors (Lipinski definition) is 6. The molecule has 2 aromatic carbocycles. The Labute approximate surface area is 219 Å². The first kappa shape index (κ1) is 26.4. The molecular formula is C26H23F5N6O2. The summed E-state index contributed by atoms with van der Waals surface area (Å²) in [5.74, 6) is -6.27. The number of amides is 1. The van der Waals surface area contributed by atoms with Gasteiger partial charge in [-0.2, -0.15) is 27.1 Å². The number of carbonyl (C=O) groups excluding carboxylic acids is 1. The number of aromatic amines is 1. The number of pyridine rings is 1.